The molecule has 1 N–H and O–H groups in total. The van der Waals surface area contributed by atoms with Crippen molar-refractivity contribution in [2.24, 2.45) is 0 Å². The minimum Gasteiger partial charge on any atom is -0.353 e. The van der Waals surface area contributed by atoms with E-state index in [1.807, 2.05) is 0 Å². The maximum atomic E-state index is 12.4. The molecule has 0 aliphatic carbocycles. The largest absolute Gasteiger partial charge is 0.353 e. The molecule has 6 nitrogen and oxygen atoms in total. The highest BCUT2D eigenvalue weighted by molar-refractivity contribution is 5.90. The first-order valence-corrected chi connectivity index (χ1v) is 5.93. The van der Waals surface area contributed by atoms with Gasteiger partial charge < -0.3 is 10.1 Å². The van der Waals surface area contributed by atoms with Gasteiger partial charge in [-0.05, 0) is 12.1 Å². The van der Waals surface area contributed by atoms with E-state index in [1.165, 1.54) is 6.33 Å². The molecule has 0 radical (unpaired) electrons. The van der Waals surface area contributed by atoms with Crippen molar-refractivity contribution in [3.8, 4) is 0 Å². The first-order chi connectivity index (χ1) is 9.34. The summed E-state index contributed by atoms with van der Waals surface area (Å²) in [6.45, 7) is 0.913. The Hall–Kier alpha value is -2.34. The van der Waals surface area contributed by atoms with Crippen LogP contribution in [-0.4, -0.2) is 34.0 Å². The predicted molar refractivity (Wildman–Crippen MR) is 66.0 cm³/mol. The van der Waals surface area contributed by atoms with Gasteiger partial charge in [0.15, 0.2) is 0 Å². The number of nitrogens with zero attached hydrogens (tertiary/aromatic N) is 3. The molecule has 19 heavy (non-hydrogen) atoms. The lowest BCUT2D eigenvalue weighted by Gasteiger charge is -2.35. The van der Waals surface area contributed by atoms with Crippen LogP contribution in [0.2, 0.25) is 0 Å². The highest BCUT2D eigenvalue weighted by Gasteiger charge is 2.46. The van der Waals surface area contributed by atoms with E-state index in [9.17, 15) is 4.79 Å². The average Bonchev–Trinajstić information content (AvgIpc) is 2.50. The van der Waals surface area contributed by atoms with Crippen molar-refractivity contribution < 1.29 is 9.53 Å². The highest BCUT2D eigenvalue weighted by Crippen LogP contribution is 2.33. The number of carbonyl (C=O) groups excluding carboxylic acids is 1. The van der Waals surface area contributed by atoms with Gasteiger partial charge in [0.25, 0.3) is 5.91 Å². The third kappa shape index (κ3) is 1.86. The average molecular weight is 256 g/mol. The Morgan fingerprint density at radius 1 is 1.26 bits per heavy atom. The fourth-order valence-corrected chi connectivity index (χ4v) is 2.18. The number of hydrogen-bond donors (Lipinski definition) is 1. The summed E-state index contributed by atoms with van der Waals surface area (Å²) >= 11 is 0. The summed E-state index contributed by atoms with van der Waals surface area (Å²) < 4.78 is 5.81. The molecule has 0 saturated carbocycles. The Kier molecular flexibility index (Phi) is 2.92. The number of amides is 1. The Morgan fingerprint density at radius 2 is 2.21 bits per heavy atom. The minimum atomic E-state index is -1.24. The lowest BCUT2D eigenvalue weighted by atomic mass is 9.89. The van der Waals surface area contributed by atoms with E-state index in [-0.39, 0.29) is 5.91 Å². The van der Waals surface area contributed by atoms with E-state index in [0.717, 1.165) is 0 Å². The Balaban J connectivity index is 2.19. The number of nitrogens with one attached hydrogen (secondary N) is 1. The quantitative estimate of drug-likeness (QED) is 0.834. The van der Waals surface area contributed by atoms with Crippen LogP contribution in [0.5, 0.6) is 0 Å². The third-order valence-electron chi connectivity index (χ3n) is 3.04. The molecule has 96 valence electrons. The minimum absolute atomic E-state index is 0.231. The molecule has 0 bridgehead atoms. The van der Waals surface area contributed by atoms with Crippen LogP contribution < -0.4 is 5.32 Å². The van der Waals surface area contributed by atoms with E-state index < -0.39 is 5.60 Å². The molecular formula is C13H12N4O2. The van der Waals surface area contributed by atoms with E-state index in [2.05, 4.69) is 20.3 Å². The van der Waals surface area contributed by atoms with E-state index >= 15 is 0 Å². The molecule has 1 unspecified atom stereocenters. The second-order valence-electron chi connectivity index (χ2n) is 4.12. The number of ether oxygens (including phenoxy) is 1. The second kappa shape index (κ2) is 4.74. The monoisotopic (exact) mass is 256 g/mol. The smallest absolute Gasteiger partial charge is 0.263 e. The van der Waals surface area contributed by atoms with Gasteiger partial charge in [0.1, 0.15) is 6.33 Å². The van der Waals surface area contributed by atoms with Crippen LogP contribution in [0.1, 0.15) is 11.3 Å². The van der Waals surface area contributed by atoms with Gasteiger partial charge in [-0.25, -0.2) is 9.97 Å². The molecule has 3 rings (SSSR count). The second-order valence-corrected chi connectivity index (χ2v) is 4.12. The summed E-state index contributed by atoms with van der Waals surface area (Å²) in [6, 6.07) is 5.25. The molecule has 1 aliphatic heterocycles. The molecule has 1 aliphatic rings. The lowest BCUT2D eigenvalue weighted by molar-refractivity contribution is -0.150. The van der Waals surface area contributed by atoms with Crippen molar-refractivity contribution >= 4 is 5.91 Å². The predicted octanol–water partition coefficient (Wildman–Crippen LogP) is 0.262. The van der Waals surface area contributed by atoms with Crippen LogP contribution in [0.15, 0.2) is 43.1 Å². The number of rotatable bonds is 2. The van der Waals surface area contributed by atoms with Crippen LogP contribution in [0.3, 0.4) is 0 Å². The number of hydrogen-bond acceptors (Lipinski definition) is 5. The molecule has 1 fully saturated rings. The zero-order valence-corrected chi connectivity index (χ0v) is 10.1. The molecule has 1 atom stereocenters. The molecule has 1 amide bonds. The van der Waals surface area contributed by atoms with Gasteiger partial charge in [0.2, 0.25) is 5.60 Å². The Morgan fingerprint density at radius 3 is 2.89 bits per heavy atom. The van der Waals surface area contributed by atoms with Crippen molar-refractivity contribution in [2.45, 2.75) is 5.60 Å². The maximum Gasteiger partial charge on any atom is 0.263 e. The summed E-state index contributed by atoms with van der Waals surface area (Å²) in [6.07, 6.45) is 6.26. The SMILES string of the molecule is O=C1NCCOC1(c1cccnc1)c1ccncn1. The van der Waals surface area contributed by atoms with Gasteiger partial charge in [-0.2, -0.15) is 0 Å². The van der Waals surface area contributed by atoms with Crippen molar-refractivity contribution in [1.29, 1.82) is 0 Å². The summed E-state index contributed by atoms with van der Waals surface area (Å²) in [4.78, 5) is 24.5. The molecule has 0 spiro atoms. The van der Waals surface area contributed by atoms with Crippen molar-refractivity contribution in [1.82, 2.24) is 20.3 Å². The van der Waals surface area contributed by atoms with Gasteiger partial charge in [0, 0.05) is 30.7 Å². The molecular weight excluding hydrogens is 244 g/mol. The molecule has 2 aromatic heterocycles. The normalized spacial score (nSPS) is 22.8. The number of aromatic nitrogens is 3. The fraction of sp³-hybridized carbons (Fsp3) is 0.231. The topological polar surface area (TPSA) is 77.0 Å². The number of carbonyl (C=O) groups is 1. The van der Waals surface area contributed by atoms with Gasteiger partial charge in [-0.3, -0.25) is 9.78 Å². The third-order valence-corrected chi connectivity index (χ3v) is 3.04. The van der Waals surface area contributed by atoms with Crippen molar-refractivity contribution in [3.63, 3.8) is 0 Å². The van der Waals surface area contributed by atoms with Crippen molar-refractivity contribution in [3.05, 3.63) is 54.4 Å². The summed E-state index contributed by atoms with van der Waals surface area (Å²) in [5, 5.41) is 2.82. The van der Waals surface area contributed by atoms with Gasteiger partial charge in [0.05, 0.1) is 12.3 Å². The Labute approximate surface area is 109 Å². The van der Waals surface area contributed by atoms with Crippen LogP contribution in [0, 0.1) is 0 Å². The van der Waals surface area contributed by atoms with E-state index in [1.54, 1.807) is 36.8 Å². The Bertz CT molecular complexity index is 534. The summed E-state index contributed by atoms with van der Waals surface area (Å²) in [5.74, 6) is -0.231. The van der Waals surface area contributed by atoms with Crippen LogP contribution in [0.4, 0.5) is 0 Å². The first-order valence-electron chi connectivity index (χ1n) is 5.93. The molecule has 6 heteroatoms. The molecule has 0 aromatic carbocycles. The van der Waals surface area contributed by atoms with Gasteiger partial charge in [-0.15, -0.1) is 0 Å². The first kappa shape index (κ1) is 11.7. The standard InChI is InChI=1S/C13H12N4O2/c18-12-13(19-7-6-16-12,10-2-1-4-14-8-10)11-3-5-15-9-17-11/h1-5,8-9H,6-7H2,(H,16,18). The van der Waals surface area contributed by atoms with Gasteiger partial charge >= 0.3 is 0 Å². The molecule has 3 heterocycles. The fourth-order valence-electron chi connectivity index (χ4n) is 2.18. The van der Waals surface area contributed by atoms with Crippen LogP contribution in [0.25, 0.3) is 0 Å². The van der Waals surface area contributed by atoms with E-state index in [0.29, 0.717) is 24.4 Å². The summed E-state index contributed by atoms with van der Waals surface area (Å²) in [7, 11) is 0. The lowest BCUT2D eigenvalue weighted by Crippen LogP contribution is -2.53. The zero-order valence-electron chi connectivity index (χ0n) is 10.1. The highest BCUT2D eigenvalue weighted by atomic mass is 16.5. The zero-order chi connectivity index (χ0) is 13.1. The van der Waals surface area contributed by atoms with E-state index in [4.69, 9.17) is 4.74 Å². The summed E-state index contributed by atoms with van der Waals surface area (Å²) in [5.41, 5.74) is -0.0753. The maximum absolute atomic E-state index is 12.4. The van der Waals surface area contributed by atoms with Crippen LogP contribution in [-0.2, 0) is 15.1 Å². The molecule has 2 aromatic rings. The van der Waals surface area contributed by atoms with Gasteiger partial charge in [-0.1, -0.05) is 6.07 Å². The van der Waals surface area contributed by atoms with Crippen LogP contribution >= 0.6 is 0 Å². The number of pyridine rings is 1. The molecule has 1 saturated heterocycles. The number of morpholine rings is 1. The van der Waals surface area contributed by atoms with Crippen molar-refractivity contribution in [2.75, 3.05) is 13.2 Å².